The summed E-state index contributed by atoms with van der Waals surface area (Å²) in [6, 6.07) is 15.3. The zero-order valence-electron chi connectivity index (χ0n) is 42.3. The summed E-state index contributed by atoms with van der Waals surface area (Å²) in [5.41, 5.74) is 14.6. The summed E-state index contributed by atoms with van der Waals surface area (Å²) in [5.74, 6) is -1.25. The summed E-state index contributed by atoms with van der Waals surface area (Å²) in [5, 5.41) is 16.5. The third-order valence-electron chi connectivity index (χ3n) is 16.0. The van der Waals surface area contributed by atoms with Gasteiger partial charge in [-0.1, -0.05) is 13.8 Å². The number of aromatic nitrogens is 4. The predicted molar refractivity (Wildman–Crippen MR) is 280 cm³/mol. The van der Waals surface area contributed by atoms with E-state index in [1.165, 1.54) is 21.9 Å². The van der Waals surface area contributed by atoms with Crippen LogP contribution >= 0.6 is 0 Å². The minimum atomic E-state index is -0.644. The standard InChI is InChI=1S/C55H62N12O7/c1-32-28-63(37-14-17-62(18-15-37)38-7-8-39-35(24-38)29-67(52(39)72)44-10-12-48(70)60-51(44)71)19-20-64(32)43-9-6-36(23-33(43)5-11-47(56)69)58-49-54(74)61(4)30-42(59-49)40-13-16-57-50(41(40)31-68)66-22-21-65-45(53(66)73)25-34-26-55(2,3)27-46(34)65/h5-9,11,13,16,23-25,30,32,37,44,68H,10,12,14-15,17-22,26-29,31H2,1-4H3,(H2,56,69)(H,58,59)(H,60,70,71)/t32-,44?/m0/s1. The van der Waals surface area contributed by atoms with E-state index in [0.717, 1.165) is 80.9 Å². The number of hydrogen-bond acceptors (Lipinski definition) is 13. The first kappa shape index (κ1) is 48.6. The fourth-order valence-corrected chi connectivity index (χ4v) is 12.3. The number of nitrogens with two attached hydrogens (primary N) is 1. The first-order chi connectivity index (χ1) is 35.5. The van der Waals surface area contributed by atoms with Gasteiger partial charge in [-0.05, 0) is 110 Å². The number of nitrogens with one attached hydrogen (secondary N) is 2. The molecule has 5 N–H and O–H groups in total. The molecule has 0 bridgehead atoms. The third kappa shape index (κ3) is 8.90. The van der Waals surface area contributed by atoms with Crippen LogP contribution in [0.25, 0.3) is 17.3 Å². The zero-order chi connectivity index (χ0) is 51.7. The van der Waals surface area contributed by atoms with E-state index in [9.17, 15) is 33.9 Å². The van der Waals surface area contributed by atoms with Crippen molar-refractivity contribution in [2.75, 3.05) is 59.3 Å². The highest BCUT2D eigenvalue weighted by molar-refractivity contribution is 6.07. The lowest BCUT2D eigenvalue weighted by molar-refractivity contribution is -0.137. The van der Waals surface area contributed by atoms with Crippen LogP contribution in [-0.4, -0.2) is 121 Å². The number of anilines is 5. The number of piperidine rings is 2. The molecule has 5 aromatic rings. The number of fused-ring (bicyclic) bond motifs is 4. The van der Waals surface area contributed by atoms with Gasteiger partial charge in [0.05, 0.1) is 12.3 Å². The van der Waals surface area contributed by atoms with Crippen molar-refractivity contribution in [1.29, 1.82) is 0 Å². The van der Waals surface area contributed by atoms with Crippen molar-refractivity contribution in [2.24, 2.45) is 18.2 Å². The van der Waals surface area contributed by atoms with E-state index < -0.39 is 24.5 Å². The molecule has 19 nitrogen and oxygen atoms in total. The Morgan fingerprint density at radius 3 is 2.47 bits per heavy atom. The number of pyridine rings is 1. The molecule has 3 fully saturated rings. The Bertz CT molecular complexity index is 3240. The van der Waals surface area contributed by atoms with Crippen molar-refractivity contribution in [3.05, 3.63) is 117 Å². The van der Waals surface area contributed by atoms with Gasteiger partial charge in [-0.25, -0.2) is 9.97 Å². The second-order valence-corrected chi connectivity index (χ2v) is 21.5. The number of aryl methyl sites for hydroxylation is 1. The number of carbonyl (C=O) groups excluding carboxylic acids is 5. The number of aliphatic hydroxyl groups excluding tert-OH is 1. The Hall–Kier alpha value is -7.64. The first-order valence-corrected chi connectivity index (χ1v) is 25.7. The fourth-order valence-electron chi connectivity index (χ4n) is 12.3. The van der Waals surface area contributed by atoms with Gasteiger partial charge < -0.3 is 40.0 Å². The van der Waals surface area contributed by atoms with Crippen molar-refractivity contribution in [3.63, 3.8) is 0 Å². The number of rotatable bonds is 11. The second kappa shape index (κ2) is 19.0. The molecule has 0 spiro atoms. The van der Waals surface area contributed by atoms with E-state index in [-0.39, 0.29) is 47.0 Å². The van der Waals surface area contributed by atoms with Gasteiger partial charge in [0.1, 0.15) is 17.6 Å². The number of piperazine rings is 1. The van der Waals surface area contributed by atoms with Crippen molar-refractivity contribution < 1.29 is 29.1 Å². The van der Waals surface area contributed by atoms with Crippen LogP contribution in [0, 0.1) is 5.41 Å². The zero-order valence-corrected chi connectivity index (χ0v) is 42.3. The molecule has 1 unspecified atom stereocenters. The van der Waals surface area contributed by atoms with Gasteiger partial charge in [-0.15, -0.1) is 0 Å². The SMILES string of the molecule is C[C@H]1CN(C2CCN(c3ccc4c(c3)CN(C3CCC(=O)NC3=O)C4=O)CC2)CCN1c1ccc(Nc2nc(-c3ccnc(N4CCn5c(cc6c5CC(C)(C)C6)C4=O)c3CO)cn(C)c2=O)cc1C=CC(N)=O. The summed E-state index contributed by atoms with van der Waals surface area (Å²) >= 11 is 0. The third-order valence-corrected chi connectivity index (χ3v) is 16.0. The highest BCUT2D eigenvalue weighted by Gasteiger charge is 2.41. The highest BCUT2D eigenvalue weighted by atomic mass is 16.3. The molecule has 8 heterocycles. The lowest BCUT2D eigenvalue weighted by Crippen LogP contribution is -2.57. The molecule has 19 heteroatoms. The largest absolute Gasteiger partial charge is 0.392 e. The van der Waals surface area contributed by atoms with E-state index in [1.54, 1.807) is 41.4 Å². The van der Waals surface area contributed by atoms with Crippen molar-refractivity contribution in [2.45, 2.75) is 97.1 Å². The molecular formula is C55H62N12O7. The highest BCUT2D eigenvalue weighted by Crippen LogP contribution is 2.41. The number of nitrogens with zero attached hydrogens (tertiary/aromatic N) is 9. The molecule has 3 aromatic heterocycles. The molecule has 2 aromatic carbocycles. The second-order valence-electron chi connectivity index (χ2n) is 21.5. The number of benzene rings is 2. The Labute approximate surface area is 428 Å². The van der Waals surface area contributed by atoms with Gasteiger partial charge in [0.15, 0.2) is 5.82 Å². The number of amides is 5. The fraction of sp³-hybridized carbons (Fsp3) is 0.418. The van der Waals surface area contributed by atoms with Gasteiger partial charge in [-0.2, -0.15) is 0 Å². The average Bonchev–Trinajstić information content (AvgIpc) is 4.00. The minimum Gasteiger partial charge on any atom is -0.392 e. The summed E-state index contributed by atoms with van der Waals surface area (Å²) in [6.07, 6.45) is 10.6. The van der Waals surface area contributed by atoms with E-state index in [4.69, 9.17) is 10.7 Å². The molecule has 384 valence electrons. The van der Waals surface area contributed by atoms with Crippen LogP contribution in [-0.2, 0) is 54.0 Å². The number of primary amides is 1. The van der Waals surface area contributed by atoms with E-state index in [2.05, 4.69) is 61.7 Å². The quantitative estimate of drug-likeness (QED) is 0.108. The van der Waals surface area contributed by atoms with Gasteiger partial charge in [0.25, 0.3) is 17.4 Å². The molecule has 3 saturated heterocycles. The Morgan fingerprint density at radius 1 is 0.905 bits per heavy atom. The summed E-state index contributed by atoms with van der Waals surface area (Å²) in [7, 11) is 1.64. The summed E-state index contributed by atoms with van der Waals surface area (Å²) < 4.78 is 3.57. The van der Waals surface area contributed by atoms with Crippen LogP contribution in [0.2, 0.25) is 0 Å². The first-order valence-electron chi connectivity index (χ1n) is 25.7. The number of carbonyl (C=O) groups is 5. The number of hydrogen-bond donors (Lipinski definition) is 4. The molecular weight excluding hydrogens is 941 g/mol. The number of imide groups is 1. The maximum absolute atomic E-state index is 14.1. The maximum Gasteiger partial charge on any atom is 0.293 e. The van der Waals surface area contributed by atoms with Gasteiger partial charge in [0, 0.05) is 141 Å². The molecule has 0 radical (unpaired) electrons. The Kier molecular flexibility index (Phi) is 12.5. The van der Waals surface area contributed by atoms with E-state index in [1.807, 2.05) is 36.4 Å². The molecule has 74 heavy (non-hydrogen) atoms. The molecule has 6 aliphatic rings. The van der Waals surface area contributed by atoms with Gasteiger partial charge in [-0.3, -0.25) is 43.9 Å². The van der Waals surface area contributed by atoms with Crippen LogP contribution < -0.4 is 36.6 Å². The average molecular weight is 1000 g/mol. The van der Waals surface area contributed by atoms with Crippen LogP contribution in [0.4, 0.5) is 28.7 Å². The maximum atomic E-state index is 14.1. The summed E-state index contributed by atoms with van der Waals surface area (Å²) in [4.78, 5) is 97.4. The lowest BCUT2D eigenvalue weighted by atomic mass is 9.90. The minimum absolute atomic E-state index is 0.0462. The number of aliphatic hydroxyl groups is 1. The monoisotopic (exact) mass is 1000 g/mol. The van der Waals surface area contributed by atoms with E-state index in [0.29, 0.717) is 71.7 Å². The molecule has 5 aliphatic heterocycles. The molecule has 1 aliphatic carbocycles. The molecule has 5 amide bonds. The van der Waals surface area contributed by atoms with Crippen LogP contribution in [0.3, 0.4) is 0 Å². The smallest absolute Gasteiger partial charge is 0.293 e. The lowest BCUT2D eigenvalue weighted by Gasteiger charge is -2.47. The Balaban J connectivity index is 0.765. The van der Waals surface area contributed by atoms with Crippen molar-refractivity contribution in [1.82, 2.24) is 34.2 Å². The van der Waals surface area contributed by atoms with E-state index >= 15 is 0 Å². The normalized spacial score (nSPS) is 21.1. The van der Waals surface area contributed by atoms with Crippen molar-refractivity contribution >= 4 is 64.3 Å². The molecule has 0 saturated carbocycles. The van der Waals surface area contributed by atoms with Crippen LogP contribution in [0.15, 0.2) is 71.8 Å². The van der Waals surface area contributed by atoms with Gasteiger partial charge >= 0.3 is 0 Å². The Morgan fingerprint density at radius 2 is 1.72 bits per heavy atom. The predicted octanol–water partition coefficient (Wildman–Crippen LogP) is 4.10. The molecule has 2 atom stereocenters. The van der Waals surface area contributed by atoms with Crippen molar-refractivity contribution in [3.8, 4) is 11.3 Å². The van der Waals surface area contributed by atoms with Crippen LogP contribution in [0.1, 0.15) is 95.2 Å². The van der Waals surface area contributed by atoms with Gasteiger partial charge in [0.2, 0.25) is 17.7 Å². The summed E-state index contributed by atoms with van der Waals surface area (Å²) in [6.45, 7) is 11.8. The topological polar surface area (TPSA) is 225 Å². The van der Waals surface area contributed by atoms with Crippen LogP contribution in [0.5, 0.6) is 0 Å². The molecule has 11 rings (SSSR count).